The van der Waals surface area contributed by atoms with Crippen molar-refractivity contribution >= 4 is 23.8 Å². The van der Waals surface area contributed by atoms with Gasteiger partial charge in [-0.15, -0.1) is 0 Å². The molecule has 0 aromatic heterocycles. The number of hydrogen-bond acceptors (Lipinski definition) is 4. The SMILES string of the molecule is C(=Nc1ccc(C=Nc2ccc(CC3CO3)cc2)cc1)c1ccc(CC2CO2)cc1. The number of ether oxygens (including phenoxy) is 2. The van der Waals surface area contributed by atoms with Crippen LogP contribution in [0.4, 0.5) is 11.4 Å². The zero-order chi connectivity index (χ0) is 20.2. The van der Waals surface area contributed by atoms with Gasteiger partial charge >= 0.3 is 0 Å². The first-order valence-electron chi connectivity index (χ1n) is 10.4. The van der Waals surface area contributed by atoms with E-state index in [4.69, 9.17) is 9.47 Å². The monoisotopic (exact) mass is 396 g/mol. The van der Waals surface area contributed by atoms with Crippen molar-refractivity contribution in [3.05, 3.63) is 95.1 Å². The minimum absolute atomic E-state index is 0.419. The van der Waals surface area contributed by atoms with Gasteiger partial charge in [-0.05, 0) is 46.5 Å². The molecule has 2 heterocycles. The molecule has 2 fully saturated rings. The van der Waals surface area contributed by atoms with Crippen molar-refractivity contribution in [2.24, 2.45) is 9.98 Å². The fraction of sp³-hybridized carbons (Fsp3) is 0.231. The van der Waals surface area contributed by atoms with Crippen LogP contribution in [0, 0.1) is 0 Å². The van der Waals surface area contributed by atoms with E-state index in [9.17, 15) is 0 Å². The predicted molar refractivity (Wildman–Crippen MR) is 121 cm³/mol. The highest BCUT2D eigenvalue weighted by Crippen LogP contribution is 2.20. The van der Waals surface area contributed by atoms with Gasteiger partial charge in [0.25, 0.3) is 0 Å². The molecule has 0 spiro atoms. The van der Waals surface area contributed by atoms with Crippen molar-refractivity contribution in [3.63, 3.8) is 0 Å². The highest BCUT2D eigenvalue weighted by molar-refractivity contribution is 5.84. The predicted octanol–water partition coefficient (Wildman–Crippen LogP) is 5.07. The van der Waals surface area contributed by atoms with Gasteiger partial charge in [0.1, 0.15) is 0 Å². The molecular formula is C26H24N2O2. The summed E-state index contributed by atoms with van der Waals surface area (Å²) in [6.07, 6.45) is 6.62. The Morgan fingerprint density at radius 3 is 1.40 bits per heavy atom. The van der Waals surface area contributed by atoms with E-state index < -0.39 is 0 Å². The molecule has 3 aromatic carbocycles. The van der Waals surface area contributed by atoms with Gasteiger partial charge in [-0.2, -0.15) is 0 Å². The Kier molecular flexibility index (Phi) is 5.51. The fourth-order valence-electron chi connectivity index (χ4n) is 3.30. The summed E-state index contributed by atoms with van der Waals surface area (Å²) >= 11 is 0. The molecule has 2 saturated heterocycles. The van der Waals surface area contributed by atoms with Crippen molar-refractivity contribution < 1.29 is 9.47 Å². The number of aliphatic imine (C=N–C) groups is 2. The third-order valence-corrected chi connectivity index (χ3v) is 5.27. The molecule has 0 N–H and O–H groups in total. The lowest BCUT2D eigenvalue weighted by molar-refractivity contribution is 0.407. The summed E-state index contributed by atoms with van der Waals surface area (Å²) in [6, 6.07) is 24.9. The molecule has 3 aromatic rings. The third-order valence-electron chi connectivity index (χ3n) is 5.27. The Morgan fingerprint density at radius 1 is 0.600 bits per heavy atom. The third kappa shape index (κ3) is 5.50. The number of benzene rings is 3. The second kappa shape index (κ2) is 8.74. The molecule has 2 atom stereocenters. The summed E-state index contributed by atoms with van der Waals surface area (Å²) in [5.74, 6) is 0. The minimum Gasteiger partial charge on any atom is -0.373 e. The molecule has 0 saturated carbocycles. The molecule has 0 bridgehead atoms. The van der Waals surface area contributed by atoms with E-state index in [0.29, 0.717) is 12.2 Å². The van der Waals surface area contributed by atoms with E-state index in [2.05, 4.69) is 58.5 Å². The Hall–Kier alpha value is -3.08. The summed E-state index contributed by atoms with van der Waals surface area (Å²) in [4.78, 5) is 9.14. The van der Waals surface area contributed by atoms with Crippen molar-refractivity contribution in [1.82, 2.24) is 0 Å². The van der Waals surface area contributed by atoms with Crippen molar-refractivity contribution in [3.8, 4) is 0 Å². The second-order valence-corrected chi connectivity index (χ2v) is 7.83. The van der Waals surface area contributed by atoms with Crippen LogP contribution in [-0.2, 0) is 22.3 Å². The molecule has 4 nitrogen and oxygen atoms in total. The molecule has 0 amide bonds. The molecule has 2 aliphatic heterocycles. The second-order valence-electron chi connectivity index (χ2n) is 7.83. The van der Waals surface area contributed by atoms with Crippen LogP contribution in [0.25, 0.3) is 0 Å². The van der Waals surface area contributed by atoms with Gasteiger partial charge in [-0.1, -0.05) is 48.5 Å². The van der Waals surface area contributed by atoms with Gasteiger partial charge in [-0.25, -0.2) is 0 Å². The van der Waals surface area contributed by atoms with Crippen LogP contribution in [0.2, 0.25) is 0 Å². The van der Waals surface area contributed by atoms with Gasteiger partial charge < -0.3 is 9.47 Å². The quantitative estimate of drug-likeness (QED) is 0.394. The zero-order valence-electron chi connectivity index (χ0n) is 16.8. The van der Waals surface area contributed by atoms with Crippen LogP contribution in [0.3, 0.4) is 0 Å². The Labute approximate surface area is 176 Å². The topological polar surface area (TPSA) is 49.8 Å². The largest absolute Gasteiger partial charge is 0.373 e. The van der Waals surface area contributed by atoms with Gasteiger partial charge in [0.15, 0.2) is 0 Å². The van der Waals surface area contributed by atoms with E-state index in [1.165, 1.54) is 11.1 Å². The Balaban J connectivity index is 1.16. The summed E-state index contributed by atoms with van der Waals surface area (Å²) < 4.78 is 10.6. The van der Waals surface area contributed by atoms with Crippen LogP contribution in [0.1, 0.15) is 22.3 Å². The highest BCUT2D eigenvalue weighted by Gasteiger charge is 2.22. The summed E-state index contributed by atoms with van der Waals surface area (Å²) in [6.45, 7) is 1.79. The molecule has 2 unspecified atom stereocenters. The van der Waals surface area contributed by atoms with Gasteiger partial charge in [0.2, 0.25) is 0 Å². The molecule has 4 heteroatoms. The van der Waals surface area contributed by atoms with Crippen LogP contribution in [0.5, 0.6) is 0 Å². The molecule has 0 aliphatic carbocycles. The number of rotatable bonds is 8. The lowest BCUT2D eigenvalue weighted by atomic mass is 10.1. The number of nitrogens with zero attached hydrogens (tertiary/aromatic N) is 2. The molecule has 2 aliphatic rings. The first-order valence-corrected chi connectivity index (χ1v) is 10.4. The molecule has 5 rings (SSSR count). The van der Waals surface area contributed by atoms with Gasteiger partial charge in [0.05, 0.1) is 36.8 Å². The lowest BCUT2D eigenvalue weighted by Crippen LogP contribution is -1.92. The highest BCUT2D eigenvalue weighted by atomic mass is 16.6. The van der Waals surface area contributed by atoms with Crippen LogP contribution >= 0.6 is 0 Å². The van der Waals surface area contributed by atoms with Gasteiger partial charge in [-0.3, -0.25) is 9.98 Å². The summed E-state index contributed by atoms with van der Waals surface area (Å²) in [5, 5.41) is 0. The van der Waals surface area contributed by atoms with E-state index in [-0.39, 0.29) is 0 Å². The standard InChI is InChI=1S/C26H24N2O2/c1-3-21(4-2-19(1)13-25-17-29-25)15-27-24-11-7-22(8-12-24)16-28-23-9-5-20(6-10-23)14-26-18-30-26/h1-12,15-16,25-26H,13-14,17-18H2. The van der Waals surface area contributed by atoms with Crippen LogP contribution in [-0.4, -0.2) is 37.9 Å². The first-order chi connectivity index (χ1) is 14.8. The van der Waals surface area contributed by atoms with Crippen molar-refractivity contribution in [2.45, 2.75) is 25.0 Å². The maximum atomic E-state index is 5.28. The fourth-order valence-corrected chi connectivity index (χ4v) is 3.30. The average Bonchev–Trinajstić information content (AvgIpc) is 3.71. The van der Waals surface area contributed by atoms with Crippen molar-refractivity contribution in [1.29, 1.82) is 0 Å². The molecule has 30 heavy (non-hydrogen) atoms. The van der Waals surface area contributed by atoms with E-state index in [1.807, 2.05) is 36.7 Å². The number of epoxide rings is 2. The first kappa shape index (κ1) is 18.9. The average molecular weight is 396 g/mol. The maximum absolute atomic E-state index is 5.28. The van der Waals surface area contributed by atoms with E-state index >= 15 is 0 Å². The summed E-state index contributed by atoms with van der Waals surface area (Å²) in [5.41, 5.74) is 6.63. The maximum Gasteiger partial charge on any atom is 0.0850 e. The minimum atomic E-state index is 0.419. The zero-order valence-corrected chi connectivity index (χ0v) is 16.8. The molecule has 0 radical (unpaired) electrons. The Bertz CT molecular complexity index is 943. The smallest absolute Gasteiger partial charge is 0.0850 e. The van der Waals surface area contributed by atoms with E-state index in [1.54, 1.807) is 0 Å². The van der Waals surface area contributed by atoms with Crippen LogP contribution < -0.4 is 0 Å². The van der Waals surface area contributed by atoms with E-state index in [0.717, 1.165) is 48.6 Å². The molecule has 150 valence electrons. The normalized spacial score (nSPS) is 20.1. The lowest BCUT2D eigenvalue weighted by Gasteiger charge is -2.00. The number of hydrogen-bond donors (Lipinski definition) is 0. The van der Waals surface area contributed by atoms with Gasteiger partial charge in [0, 0.05) is 25.3 Å². The van der Waals surface area contributed by atoms with Crippen LogP contribution in [0.15, 0.2) is 82.8 Å². The summed E-state index contributed by atoms with van der Waals surface area (Å²) in [7, 11) is 0. The Morgan fingerprint density at radius 2 is 0.967 bits per heavy atom. The molecular weight excluding hydrogens is 372 g/mol. The van der Waals surface area contributed by atoms with Crippen molar-refractivity contribution in [2.75, 3.05) is 13.2 Å².